The maximum Gasteiger partial charge on any atom is 0.408 e. The van der Waals surface area contributed by atoms with Crippen molar-refractivity contribution in [2.45, 2.75) is 70.9 Å². The molecule has 21 heavy (non-hydrogen) atoms. The van der Waals surface area contributed by atoms with Crippen LogP contribution in [0.15, 0.2) is 12.2 Å². The Morgan fingerprint density at radius 2 is 1.90 bits per heavy atom. The molecule has 1 atom stereocenters. The minimum atomic E-state index is -1.00. The number of carbonyl (C=O) groups excluding carboxylic acids is 1. The molecule has 0 saturated heterocycles. The van der Waals surface area contributed by atoms with E-state index in [4.69, 9.17) is 9.84 Å². The van der Waals surface area contributed by atoms with E-state index in [1.54, 1.807) is 26.8 Å². The molecule has 0 aromatic heterocycles. The number of alkyl carbamates (subject to hydrolysis) is 1. The predicted octanol–water partition coefficient (Wildman–Crippen LogP) is 3.49. The van der Waals surface area contributed by atoms with E-state index in [1.807, 2.05) is 0 Å². The van der Waals surface area contributed by atoms with Crippen molar-refractivity contribution in [2.75, 3.05) is 0 Å². The molecule has 0 aliphatic heterocycles. The van der Waals surface area contributed by atoms with E-state index in [9.17, 15) is 9.59 Å². The Hall–Kier alpha value is -1.52. The molecular weight excluding hydrogens is 270 g/mol. The summed E-state index contributed by atoms with van der Waals surface area (Å²) in [5.74, 6) is -0.466. The van der Waals surface area contributed by atoms with Gasteiger partial charge in [0.1, 0.15) is 5.60 Å². The average molecular weight is 297 g/mol. The molecule has 0 aromatic rings. The number of aliphatic carboxylic acids is 1. The first-order valence-electron chi connectivity index (χ1n) is 7.67. The van der Waals surface area contributed by atoms with Crippen LogP contribution < -0.4 is 5.32 Å². The molecule has 0 radical (unpaired) electrons. The Balaban J connectivity index is 2.58. The lowest BCUT2D eigenvalue weighted by Gasteiger charge is -2.27. The number of carbonyl (C=O) groups is 2. The molecule has 0 bridgehead atoms. The van der Waals surface area contributed by atoms with E-state index in [0.29, 0.717) is 5.92 Å². The number of nitrogens with one attached hydrogen (secondary N) is 1. The van der Waals surface area contributed by atoms with Crippen LogP contribution in [0.1, 0.15) is 59.3 Å². The summed E-state index contributed by atoms with van der Waals surface area (Å²) in [6, 6.07) is -0.293. The third-order valence-electron chi connectivity index (χ3n) is 3.49. The van der Waals surface area contributed by atoms with Crippen LogP contribution in [0.5, 0.6) is 0 Å². The van der Waals surface area contributed by atoms with Crippen LogP contribution in [0.3, 0.4) is 0 Å². The Morgan fingerprint density at radius 1 is 1.29 bits per heavy atom. The van der Waals surface area contributed by atoms with Gasteiger partial charge in [-0.1, -0.05) is 38.2 Å². The minimum absolute atomic E-state index is 0.293. The van der Waals surface area contributed by atoms with Crippen molar-refractivity contribution in [3.05, 3.63) is 12.2 Å². The van der Waals surface area contributed by atoms with Gasteiger partial charge < -0.3 is 15.2 Å². The SMILES string of the molecule is CC(C)(C)OC(=O)N[C@H](/C=C/C(=O)O)CC1CCCCC1. The fourth-order valence-corrected chi connectivity index (χ4v) is 2.62. The molecule has 120 valence electrons. The quantitative estimate of drug-likeness (QED) is 0.762. The molecule has 1 aliphatic rings. The predicted molar refractivity (Wildman–Crippen MR) is 81.1 cm³/mol. The number of rotatable bonds is 5. The monoisotopic (exact) mass is 297 g/mol. The number of amides is 1. The molecule has 2 N–H and O–H groups in total. The number of carboxylic acid groups (broad SMARTS) is 1. The van der Waals surface area contributed by atoms with Crippen LogP contribution in [0.4, 0.5) is 4.79 Å². The molecular formula is C16H27NO4. The summed E-state index contributed by atoms with van der Waals surface area (Å²) < 4.78 is 5.23. The zero-order valence-electron chi connectivity index (χ0n) is 13.2. The van der Waals surface area contributed by atoms with Crippen molar-refractivity contribution < 1.29 is 19.4 Å². The second-order valence-corrected chi connectivity index (χ2v) is 6.69. The van der Waals surface area contributed by atoms with E-state index < -0.39 is 17.7 Å². The van der Waals surface area contributed by atoms with Gasteiger partial charge in [0, 0.05) is 6.08 Å². The molecule has 5 heteroatoms. The van der Waals surface area contributed by atoms with Crippen LogP contribution in [0.25, 0.3) is 0 Å². The minimum Gasteiger partial charge on any atom is -0.478 e. The molecule has 1 fully saturated rings. The lowest BCUT2D eigenvalue weighted by molar-refractivity contribution is -0.131. The van der Waals surface area contributed by atoms with Crippen molar-refractivity contribution in [3.63, 3.8) is 0 Å². The highest BCUT2D eigenvalue weighted by Crippen LogP contribution is 2.27. The Labute approximate surface area is 126 Å². The number of carboxylic acids is 1. The molecule has 1 amide bonds. The maximum atomic E-state index is 11.8. The Bertz CT molecular complexity index is 378. The third kappa shape index (κ3) is 8.38. The maximum absolute atomic E-state index is 11.8. The van der Waals surface area contributed by atoms with E-state index in [2.05, 4.69) is 5.32 Å². The smallest absolute Gasteiger partial charge is 0.408 e. The second-order valence-electron chi connectivity index (χ2n) is 6.69. The molecule has 0 spiro atoms. The fourth-order valence-electron chi connectivity index (χ4n) is 2.62. The van der Waals surface area contributed by atoms with Gasteiger partial charge in [-0.05, 0) is 33.1 Å². The van der Waals surface area contributed by atoms with Gasteiger partial charge in [0.05, 0.1) is 6.04 Å². The molecule has 0 aromatic carbocycles. The van der Waals surface area contributed by atoms with Crippen LogP contribution in [-0.4, -0.2) is 28.8 Å². The Morgan fingerprint density at radius 3 is 2.43 bits per heavy atom. The standard InChI is InChI=1S/C16H27NO4/c1-16(2,3)21-15(20)17-13(9-10-14(18)19)11-12-7-5-4-6-8-12/h9-10,12-13H,4-8,11H2,1-3H3,(H,17,20)(H,18,19)/b10-9+/t13-/m1/s1. The summed E-state index contributed by atoms with van der Waals surface area (Å²) in [7, 11) is 0. The van der Waals surface area contributed by atoms with Gasteiger partial charge in [-0.3, -0.25) is 0 Å². The summed E-state index contributed by atoms with van der Waals surface area (Å²) in [6.07, 6.45) is 8.89. The third-order valence-corrected chi connectivity index (χ3v) is 3.49. The summed E-state index contributed by atoms with van der Waals surface area (Å²) >= 11 is 0. The van der Waals surface area contributed by atoms with Gasteiger partial charge >= 0.3 is 12.1 Å². The van der Waals surface area contributed by atoms with Gasteiger partial charge in [-0.15, -0.1) is 0 Å². The highest BCUT2D eigenvalue weighted by molar-refractivity contribution is 5.80. The van der Waals surface area contributed by atoms with Crippen molar-refractivity contribution in [1.82, 2.24) is 5.32 Å². The summed E-state index contributed by atoms with van der Waals surface area (Å²) in [5.41, 5.74) is -0.560. The van der Waals surface area contributed by atoms with Gasteiger partial charge in [0.15, 0.2) is 0 Å². The molecule has 0 unspecified atom stereocenters. The van der Waals surface area contributed by atoms with Gasteiger partial charge in [0.2, 0.25) is 0 Å². The molecule has 1 aliphatic carbocycles. The first-order chi connectivity index (χ1) is 9.76. The largest absolute Gasteiger partial charge is 0.478 e. The first-order valence-corrected chi connectivity index (χ1v) is 7.67. The van der Waals surface area contributed by atoms with Crippen LogP contribution in [-0.2, 0) is 9.53 Å². The molecule has 5 nitrogen and oxygen atoms in total. The number of hydrogen-bond donors (Lipinski definition) is 2. The van der Waals surface area contributed by atoms with E-state index in [-0.39, 0.29) is 6.04 Å². The fraction of sp³-hybridized carbons (Fsp3) is 0.750. The zero-order chi connectivity index (χ0) is 15.9. The number of ether oxygens (including phenoxy) is 1. The Kier molecular flexibility index (Phi) is 6.72. The highest BCUT2D eigenvalue weighted by atomic mass is 16.6. The lowest BCUT2D eigenvalue weighted by Crippen LogP contribution is -2.39. The van der Waals surface area contributed by atoms with Crippen molar-refractivity contribution >= 4 is 12.1 Å². The average Bonchev–Trinajstić information content (AvgIpc) is 2.34. The van der Waals surface area contributed by atoms with Crippen LogP contribution >= 0.6 is 0 Å². The van der Waals surface area contributed by atoms with Crippen molar-refractivity contribution in [1.29, 1.82) is 0 Å². The normalized spacial score (nSPS) is 18.4. The van der Waals surface area contributed by atoms with Crippen LogP contribution in [0.2, 0.25) is 0 Å². The topological polar surface area (TPSA) is 75.6 Å². The van der Waals surface area contributed by atoms with Gasteiger partial charge in [-0.25, -0.2) is 9.59 Å². The molecule has 1 rings (SSSR count). The van der Waals surface area contributed by atoms with Crippen LogP contribution in [0, 0.1) is 5.92 Å². The molecule has 1 saturated carbocycles. The summed E-state index contributed by atoms with van der Waals surface area (Å²) in [4.78, 5) is 22.5. The number of hydrogen-bond acceptors (Lipinski definition) is 3. The first kappa shape index (κ1) is 17.5. The van der Waals surface area contributed by atoms with Crippen molar-refractivity contribution in [3.8, 4) is 0 Å². The highest BCUT2D eigenvalue weighted by Gasteiger charge is 2.22. The summed E-state index contributed by atoms with van der Waals surface area (Å²) in [6.45, 7) is 5.40. The van der Waals surface area contributed by atoms with Gasteiger partial charge in [0.25, 0.3) is 0 Å². The molecule has 0 heterocycles. The van der Waals surface area contributed by atoms with E-state index in [0.717, 1.165) is 25.3 Å². The van der Waals surface area contributed by atoms with E-state index >= 15 is 0 Å². The van der Waals surface area contributed by atoms with Gasteiger partial charge in [-0.2, -0.15) is 0 Å². The second kappa shape index (κ2) is 8.05. The lowest BCUT2D eigenvalue weighted by atomic mass is 9.85. The van der Waals surface area contributed by atoms with Crippen molar-refractivity contribution in [2.24, 2.45) is 5.92 Å². The summed E-state index contributed by atoms with van der Waals surface area (Å²) in [5, 5.41) is 11.5. The van der Waals surface area contributed by atoms with E-state index in [1.165, 1.54) is 19.3 Å². The zero-order valence-corrected chi connectivity index (χ0v) is 13.2.